The van der Waals surface area contributed by atoms with Gasteiger partial charge in [0.25, 0.3) is 0 Å². The molecule has 0 amide bonds. The molecule has 0 atom stereocenters. The first-order chi connectivity index (χ1) is 8.40. The second-order valence-electron chi connectivity index (χ2n) is 5.02. The van der Waals surface area contributed by atoms with Crippen molar-refractivity contribution in [3.63, 3.8) is 0 Å². The maximum absolute atomic E-state index is 5.61. The molecule has 0 spiro atoms. The number of rotatable bonds is 2. The molecule has 0 bridgehead atoms. The molecule has 0 aromatic rings. The summed E-state index contributed by atoms with van der Waals surface area (Å²) in [5.74, 6) is 1.66. The Hall–Kier alpha value is -1.31. The molecule has 0 aromatic heterocycles. The van der Waals surface area contributed by atoms with Crippen molar-refractivity contribution < 1.29 is 4.74 Å². The predicted octanol–water partition coefficient (Wildman–Crippen LogP) is 3.77. The largest absolute Gasteiger partial charge is 0.494 e. The van der Waals surface area contributed by atoms with Crippen molar-refractivity contribution in [2.24, 2.45) is 10.9 Å². The lowest BCUT2D eigenvalue weighted by Crippen LogP contribution is -2.09. The molecule has 2 aliphatic carbocycles. The molecule has 0 unspecified atom stereocenters. The van der Waals surface area contributed by atoms with Crippen molar-refractivity contribution in [3.05, 3.63) is 35.3 Å². The maximum Gasteiger partial charge on any atom is 0.149 e. The van der Waals surface area contributed by atoms with Gasteiger partial charge in [-0.05, 0) is 18.9 Å². The molecule has 3 rings (SSSR count). The maximum atomic E-state index is 5.61. The van der Waals surface area contributed by atoms with Gasteiger partial charge in [0.1, 0.15) is 5.76 Å². The van der Waals surface area contributed by atoms with E-state index in [2.05, 4.69) is 18.2 Å². The Morgan fingerprint density at radius 3 is 2.82 bits per heavy atom. The molecule has 0 aromatic carbocycles. The zero-order valence-electron chi connectivity index (χ0n) is 10.4. The van der Waals surface area contributed by atoms with Crippen LogP contribution in [0.5, 0.6) is 0 Å². The van der Waals surface area contributed by atoms with E-state index in [0.717, 1.165) is 12.2 Å². The van der Waals surface area contributed by atoms with Gasteiger partial charge in [0.05, 0.1) is 18.5 Å². The molecule has 3 aliphatic rings. The summed E-state index contributed by atoms with van der Waals surface area (Å²) in [4.78, 5) is 4.84. The summed E-state index contributed by atoms with van der Waals surface area (Å²) < 4.78 is 5.61. The minimum absolute atomic E-state index is 0.623. The molecule has 1 aliphatic heterocycles. The van der Waals surface area contributed by atoms with E-state index in [-0.39, 0.29) is 0 Å². The van der Waals surface area contributed by atoms with Crippen LogP contribution < -0.4 is 0 Å². The summed E-state index contributed by atoms with van der Waals surface area (Å²) in [5.41, 5.74) is 3.64. The molecule has 1 heterocycles. The van der Waals surface area contributed by atoms with E-state index >= 15 is 0 Å². The minimum atomic E-state index is 0.623. The molecular formula is C15H19NO. The SMILES string of the molecule is COC1=C(C2CCCCC2)N=C2CC=CC=C21. The summed E-state index contributed by atoms with van der Waals surface area (Å²) >= 11 is 0. The van der Waals surface area contributed by atoms with Gasteiger partial charge < -0.3 is 4.74 Å². The average molecular weight is 229 g/mol. The normalized spacial score (nSPS) is 24.5. The summed E-state index contributed by atoms with van der Waals surface area (Å²) in [6, 6.07) is 0. The number of allylic oxidation sites excluding steroid dienone is 5. The van der Waals surface area contributed by atoms with Crippen LogP contribution in [0.4, 0.5) is 0 Å². The van der Waals surface area contributed by atoms with Crippen molar-refractivity contribution in [1.82, 2.24) is 0 Å². The molecule has 2 nitrogen and oxygen atoms in total. The fourth-order valence-corrected chi connectivity index (χ4v) is 3.06. The van der Waals surface area contributed by atoms with E-state index in [9.17, 15) is 0 Å². The quantitative estimate of drug-likeness (QED) is 0.706. The van der Waals surface area contributed by atoms with E-state index in [1.165, 1.54) is 49.1 Å². The van der Waals surface area contributed by atoms with Gasteiger partial charge in [0.2, 0.25) is 0 Å². The number of ether oxygens (including phenoxy) is 1. The average Bonchev–Trinajstić information content (AvgIpc) is 2.78. The van der Waals surface area contributed by atoms with Crippen molar-refractivity contribution in [2.45, 2.75) is 38.5 Å². The van der Waals surface area contributed by atoms with E-state index in [1.54, 1.807) is 7.11 Å². The van der Waals surface area contributed by atoms with E-state index < -0.39 is 0 Å². The van der Waals surface area contributed by atoms with Crippen LogP contribution in [-0.4, -0.2) is 12.8 Å². The van der Waals surface area contributed by atoms with Crippen LogP contribution in [0, 0.1) is 5.92 Å². The highest BCUT2D eigenvalue weighted by atomic mass is 16.5. The summed E-state index contributed by atoms with van der Waals surface area (Å²) in [6.45, 7) is 0. The Bertz CT molecular complexity index is 434. The summed E-state index contributed by atoms with van der Waals surface area (Å²) in [5, 5.41) is 0. The van der Waals surface area contributed by atoms with Crippen molar-refractivity contribution in [3.8, 4) is 0 Å². The van der Waals surface area contributed by atoms with Crippen LogP contribution >= 0.6 is 0 Å². The number of hydrogen-bond donors (Lipinski definition) is 0. The summed E-state index contributed by atoms with van der Waals surface area (Å²) in [7, 11) is 1.77. The highest BCUT2D eigenvalue weighted by Crippen LogP contribution is 2.39. The van der Waals surface area contributed by atoms with Crippen LogP contribution in [-0.2, 0) is 4.74 Å². The molecule has 17 heavy (non-hydrogen) atoms. The highest BCUT2D eigenvalue weighted by molar-refractivity contribution is 6.08. The third-order valence-electron chi connectivity index (χ3n) is 3.95. The number of hydrogen-bond acceptors (Lipinski definition) is 2. The lowest BCUT2D eigenvalue weighted by atomic mass is 9.86. The smallest absolute Gasteiger partial charge is 0.149 e. The van der Waals surface area contributed by atoms with E-state index in [1.807, 2.05) is 0 Å². The fourth-order valence-electron chi connectivity index (χ4n) is 3.06. The Labute approximate surface area is 103 Å². The molecular weight excluding hydrogens is 210 g/mol. The molecule has 2 heteroatoms. The number of aliphatic imine (C=N–C) groups is 1. The van der Waals surface area contributed by atoms with Crippen molar-refractivity contribution in [2.75, 3.05) is 7.11 Å². The monoisotopic (exact) mass is 229 g/mol. The van der Waals surface area contributed by atoms with Gasteiger partial charge in [-0.25, -0.2) is 0 Å². The fraction of sp³-hybridized carbons (Fsp3) is 0.533. The lowest BCUT2D eigenvalue weighted by Gasteiger charge is -2.21. The van der Waals surface area contributed by atoms with E-state index in [4.69, 9.17) is 9.73 Å². The molecule has 1 fully saturated rings. The number of fused-ring (bicyclic) bond motifs is 1. The second kappa shape index (κ2) is 4.52. The zero-order valence-corrected chi connectivity index (χ0v) is 10.4. The Morgan fingerprint density at radius 1 is 1.24 bits per heavy atom. The molecule has 1 saturated carbocycles. The topological polar surface area (TPSA) is 21.6 Å². The molecule has 0 radical (unpaired) electrons. The first-order valence-electron chi connectivity index (χ1n) is 6.63. The van der Waals surface area contributed by atoms with Gasteiger partial charge in [-0.1, -0.05) is 31.4 Å². The number of methoxy groups -OCH3 is 1. The molecule has 90 valence electrons. The standard InChI is InChI=1S/C15H19NO/c1-17-15-12-9-5-6-10-13(12)16-14(15)11-7-3-2-4-8-11/h5-6,9,11H,2-4,7-8,10H2,1H3. The first-order valence-corrected chi connectivity index (χ1v) is 6.63. The molecule has 0 saturated heterocycles. The van der Waals surface area contributed by atoms with Crippen LogP contribution in [0.3, 0.4) is 0 Å². The Morgan fingerprint density at radius 2 is 2.06 bits per heavy atom. The van der Waals surface area contributed by atoms with Gasteiger partial charge in [-0.2, -0.15) is 0 Å². The Balaban J connectivity index is 1.93. The van der Waals surface area contributed by atoms with Gasteiger partial charge in [-0.3, -0.25) is 4.99 Å². The number of nitrogens with zero attached hydrogens (tertiary/aromatic N) is 1. The first kappa shape index (κ1) is 10.8. The third-order valence-corrected chi connectivity index (χ3v) is 3.95. The predicted molar refractivity (Wildman–Crippen MR) is 69.9 cm³/mol. The van der Waals surface area contributed by atoms with Gasteiger partial charge >= 0.3 is 0 Å². The third kappa shape index (κ3) is 1.86. The van der Waals surface area contributed by atoms with Crippen LogP contribution in [0.15, 0.2) is 40.2 Å². The lowest BCUT2D eigenvalue weighted by molar-refractivity contribution is 0.288. The Kier molecular flexibility index (Phi) is 2.87. The van der Waals surface area contributed by atoms with Gasteiger partial charge in [0.15, 0.2) is 0 Å². The summed E-state index contributed by atoms with van der Waals surface area (Å²) in [6.07, 6.45) is 14.0. The van der Waals surface area contributed by atoms with Crippen LogP contribution in [0.1, 0.15) is 38.5 Å². The second-order valence-corrected chi connectivity index (χ2v) is 5.02. The van der Waals surface area contributed by atoms with E-state index in [0.29, 0.717) is 5.92 Å². The molecule has 0 N–H and O–H groups in total. The van der Waals surface area contributed by atoms with Crippen LogP contribution in [0.2, 0.25) is 0 Å². The highest BCUT2D eigenvalue weighted by Gasteiger charge is 2.30. The minimum Gasteiger partial charge on any atom is -0.494 e. The van der Waals surface area contributed by atoms with Crippen molar-refractivity contribution >= 4 is 5.71 Å². The van der Waals surface area contributed by atoms with Gasteiger partial charge in [0, 0.05) is 17.9 Å². The zero-order chi connectivity index (χ0) is 11.7. The van der Waals surface area contributed by atoms with Crippen LogP contribution in [0.25, 0.3) is 0 Å². The van der Waals surface area contributed by atoms with Gasteiger partial charge in [-0.15, -0.1) is 0 Å². The van der Waals surface area contributed by atoms with Crippen molar-refractivity contribution in [1.29, 1.82) is 0 Å².